The molecule has 134 valence electrons. The minimum absolute atomic E-state index is 0.0283. The zero-order chi connectivity index (χ0) is 18.4. The van der Waals surface area contributed by atoms with E-state index in [0.717, 1.165) is 34.8 Å². The molecule has 4 nitrogen and oxygen atoms in total. The maximum absolute atomic E-state index is 12.2. The van der Waals surface area contributed by atoms with Crippen LogP contribution in [-0.2, 0) is 0 Å². The molecule has 3 rings (SSSR count). The van der Waals surface area contributed by atoms with E-state index in [9.17, 15) is 4.79 Å². The fraction of sp³-hybridized carbons (Fsp3) is 0.238. The van der Waals surface area contributed by atoms with Crippen LogP contribution in [0.15, 0.2) is 60.0 Å². The highest BCUT2D eigenvalue weighted by molar-refractivity contribution is 7.13. The normalized spacial score (nSPS) is 10.9. The van der Waals surface area contributed by atoms with Gasteiger partial charge in [0.15, 0.2) is 0 Å². The fourth-order valence-corrected chi connectivity index (χ4v) is 3.45. The average molecular weight is 366 g/mol. The second-order valence-corrected chi connectivity index (χ2v) is 7.25. The largest absolute Gasteiger partial charge is 0.352 e. The molecule has 0 aliphatic carbocycles. The molecule has 0 aliphatic heterocycles. The Morgan fingerprint density at radius 3 is 2.46 bits per heavy atom. The van der Waals surface area contributed by atoms with Crippen LogP contribution >= 0.6 is 11.3 Å². The summed E-state index contributed by atoms with van der Waals surface area (Å²) in [6, 6.07) is 17.8. The third-order valence-electron chi connectivity index (χ3n) is 4.04. The van der Waals surface area contributed by atoms with Crippen molar-refractivity contribution < 1.29 is 4.79 Å². The number of carbonyl (C=O) groups excluding carboxylic acids is 1. The van der Waals surface area contributed by atoms with Crippen LogP contribution in [0.3, 0.4) is 0 Å². The van der Waals surface area contributed by atoms with E-state index in [1.807, 2.05) is 56.6 Å². The van der Waals surface area contributed by atoms with Crippen molar-refractivity contribution in [2.24, 2.45) is 0 Å². The molecule has 2 aromatic carbocycles. The molecule has 0 atom stereocenters. The molecule has 0 aliphatic rings. The second-order valence-electron chi connectivity index (χ2n) is 6.39. The van der Waals surface area contributed by atoms with E-state index in [0.29, 0.717) is 12.1 Å². The highest BCUT2D eigenvalue weighted by Crippen LogP contribution is 2.28. The van der Waals surface area contributed by atoms with Crippen LogP contribution in [0.5, 0.6) is 0 Å². The van der Waals surface area contributed by atoms with Gasteiger partial charge in [-0.05, 0) is 39.2 Å². The van der Waals surface area contributed by atoms with Gasteiger partial charge in [0.1, 0.15) is 5.01 Å². The Morgan fingerprint density at radius 2 is 1.77 bits per heavy atom. The fourth-order valence-electron chi connectivity index (χ4n) is 2.61. The quantitative estimate of drug-likeness (QED) is 0.640. The van der Waals surface area contributed by atoms with E-state index in [-0.39, 0.29) is 5.91 Å². The molecule has 3 aromatic rings. The van der Waals surface area contributed by atoms with Gasteiger partial charge in [0.2, 0.25) is 0 Å². The number of rotatable bonds is 7. The van der Waals surface area contributed by atoms with Crippen molar-refractivity contribution in [1.29, 1.82) is 0 Å². The first-order valence-corrected chi connectivity index (χ1v) is 9.56. The Kier molecular flexibility index (Phi) is 6.15. The molecule has 0 bridgehead atoms. The summed E-state index contributed by atoms with van der Waals surface area (Å²) < 4.78 is 0. The first-order valence-electron chi connectivity index (χ1n) is 8.68. The van der Waals surface area contributed by atoms with Crippen LogP contribution in [0.1, 0.15) is 16.8 Å². The Balaban J connectivity index is 1.63. The molecule has 1 aromatic heterocycles. The number of carbonyl (C=O) groups is 1. The van der Waals surface area contributed by atoms with Crippen LogP contribution in [0.2, 0.25) is 0 Å². The first-order chi connectivity index (χ1) is 12.6. The van der Waals surface area contributed by atoms with Crippen LogP contribution in [0.25, 0.3) is 21.8 Å². The minimum atomic E-state index is -0.0283. The molecule has 5 heteroatoms. The van der Waals surface area contributed by atoms with Gasteiger partial charge in [-0.2, -0.15) is 0 Å². The molecule has 1 amide bonds. The topological polar surface area (TPSA) is 45.2 Å². The zero-order valence-electron chi connectivity index (χ0n) is 15.1. The average Bonchev–Trinajstić information content (AvgIpc) is 3.16. The highest BCUT2D eigenvalue weighted by Gasteiger charge is 2.09. The number of thiazole rings is 1. The Labute approximate surface area is 158 Å². The monoisotopic (exact) mass is 365 g/mol. The van der Waals surface area contributed by atoms with Gasteiger partial charge in [-0.3, -0.25) is 4.79 Å². The summed E-state index contributed by atoms with van der Waals surface area (Å²) in [5, 5.41) is 5.99. The van der Waals surface area contributed by atoms with Gasteiger partial charge in [-0.15, -0.1) is 11.3 Å². The number of nitrogens with zero attached hydrogens (tertiary/aromatic N) is 2. The Hall–Kier alpha value is -2.50. The van der Waals surface area contributed by atoms with Crippen molar-refractivity contribution in [1.82, 2.24) is 15.2 Å². The zero-order valence-corrected chi connectivity index (χ0v) is 15.9. The molecule has 0 saturated carbocycles. The highest BCUT2D eigenvalue weighted by atomic mass is 32.1. The molecule has 0 unspecified atom stereocenters. The lowest BCUT2D eigenvalue weighted by atomic mass is 10.1. The summed E-state index contributed by atoms with van der Waals surface area (Å²) in [6.45, 7) is 1.65. The Bertz CT molecular complexity index is 841. The maximum atomic E-state index is 12.2. The van der Waals surface area contributed by atoms with Crippen LogP contribution < -0.4 is 5.32 Å². The lowest BCUT2D eigenvalue weighted by Gasteiger charge is -2.10. The lowest BCUT2D eigenvalue weighted by molar-refractivity contribution is 0.0952. The van der Waals surface area contributed by atoms with Crippen LogP contribution in [0, 0.1) is 0 Å². The van der Waals surface area contributed by atoms with Crippen molar-refractivity contribution in [3.05, 3.63) is 65.5 Å². The molecule has 0 radical (unpaired) electrons. The minimum Gasteiger partial charge on any atom is -0.352 e. The summed E-state index contributed by atoms with van der Waals surface area (Å²) in [7, 11) is 4.06. The van der Waals surface area contributed by atoms with Crippen molar-refractivity contribution in [2.75, 3.05) is 27.2 Å². The van der Waals surface area contributed by atoms with Crippen molar-refractivity contribution >= 4 is 17.2 Å². The summed E-state index contributed by atoms with van der Waals surface area (Å²) in [5.41, 5.74) is 3.80. The van der Waals surface area contributed by atoms with Crippen LogP contribution in [-0.4, -0.2) is 43.0 Å². The van der Waals surface area contributed by atoms with Gasteiger partial charge < -0.3 is 10.2 Å². The van der Waals surface area contributed by atoms with E-state index < -0.39 is 0 Å². The lowest BCUT2D eigenvalue weighted by Crippen LogP contribution is -2.27. The molecule has 26 heavy (non-hydrogen) atoms. The van der Waals surface area contributed by atoms with Gasteiger partial charge in [0.05, 0.1) is 5.69 Å². The van der Waals surface area contributed by atoms with Crippen LogP contribution in [0.4, 0.5) is 0 Å². The van der Waals surface area contributed by atoms with Gasteiger partial charge >= 0.3 is 0 Å². The third-order valence-corrected chi connectivity index (χ3v) is 4.93. The smallest absolute Gasteiger partial charge is 0.251 e. The number of hydrogen-bond donors (Lipinski definition) is 1. The van der Waals surface area contributed by atoms with Gasteiger partial charge in [-0.1, -0.05) is 42.5 Å². The van der Waals surface area contributed by atoms with Gasteiger partial charge in [-0.25, -0.2) is 4.98 Å². The van der Waals surface area contributed by atoms with Crippen molar-refractivity contribution in [2.45, 2.75) is 6.42 Å². The second kappa shape index (κ2) is 8.74. The number of hydrogen-bond acceptors (Lipinski definition) is 4. The summed E-state index contributed by atoms with van der Waals surface area (Å²) in [6.07, 6.45) is 0.943. The van der Waals surface area contributed by atoms with Crippen molar-refractivity contribution in [3.63, 3.8) is 0 Å². The van der Waals surface area contributed by atoms with Gasteiger partial charge in [0, 0.05) is 28.6 Å². The van der Waals surface area contributed by atoms with E-state index in [4.69, 9.17) is 4.98 Å². The predicted octanol–water partition coefficient (Wildman–Crippen LogP) is 4.16. The molecule has 1 N–H and O–H groups in total. The van der Waals surface area contributed by atoms with Crippen molar-refractivity contribution in [3.8, 4) is 21.8 Å². The van der Waals surface area contributed by atoms with Gasteiger partial charge in [0.25, 0.3) is 5.91 Å². The molecule has 0 fully saturated rings. The van der Waals surface area contributed by atoms with E-state index in [2.05, 4.69) is 27.7 Å². The third kappa shape index (κ3) is 4.77. The maximum Gasteiger partial charge on any atom is 0.251 e. The van der Waals surface area contributed by atoms with E-state index in [1.165, 1.54) is 0 Å². The standard InChI is InChI=1S/C21H23N3OS/c1-24(2)14-6-13-22-20(25)17-9-11-18(12-10-17)21-23-19(15-26-21)16-7-4-3-5-8-16/h3-5,7-12,15H,6,13-14H2,1-2H3,(H,22,25). The summed E-state index contributed by atoms with van der Waals surface area (Å²) in [5.74, 6) is -0.0283. The molecular formula is C21H23N3OS. The summed E-state index contributed by atoms with van der Waals surface area (Å²) >= 11 is 1.61. The predicted molar refractivity (Wildman–Crippen MR) is 108 cm³/mol. The Morgan fingerprint density at radius 1 is 1.04 bits per heavy atom. The van der Waals surface area contributed by atoms with E-state index >= 15 is 0 Å². The summed E-state index contributed by atoms with van der Waals surface area (Å²) in [4.78, 5) is 19.0. The number of aromatic nitrogens is 1. The SMILES string of the molecule is CN(C)CCCNC(=O)c1ccc(-c2nc(-c3ccccc3)cs2)cc1. The number of nitrogens with one attached hydrogen (secondary N) is 1. The molecule has 1 heterocycles. The molecule has 0 saturated heterocycles. The number of benzene rings is 2. The van der Waals surface area contributed by atoms with E-state index in [1.54, 1.807) is 11.3 Å². The molecular weight excluding hydrogens is 342 g/mol. The molecule has 0 spiro atoms. The first kappa shape index (κ1) is 18.3. The number of amides is 1.